The largest absolute Gasteiger partial charge is 0.311 e. The normalized spacial score (nSPS) is 15.8. The number of pyridine rings is 2. The van der Waals surface area contributed by atoms with Crippen LogP contribution < -0.4 is 9.80 Å². The number of hydrogen-bond donors (Lipinski definition) is 0. The summed E-state index contributed by atoms with van der Waals surface area (Å²) in [5.74, 6) is -0.805. The molecule has 2 aromatic heterocycles. The topological polar surface area (TPSA) is 79.4 Å². The molecule has 330 valence electrons. The van der Waals surface area contributed by atoms with Gasteiger partial charge in [0.2, 0.25) is 11.8 Å². The second kappa shape index (κ2) is 22.4. The highest BCUT2D eigenvalue weighted by Gasteiger charge is 2.35. The summed E-state index contributed by atoms with van der Waals surface area (Å²) >= 11 is 0. The summed E-state index contributed by atoms with van der Waals surface area (Å²) in [5, 5.41) is 0. The predicted molar refractivity (Wildman–Crippen MR) is 238 cm³/mol. The number of amides is 2. The van der Waals surface area contributed by atoms with E-state index in [-0.39, 0.29) is 40.3 Å². The third kappa shape index (κ3) is 13.4. The first kappa shape index (κ1) is 47.4. The molecular weight excluding hydrogens is 778 g/mol. The van der Waals surface area contributed by atoms with Gasteiger partial charge in [-0.05, 0) is 76.2 Å². The second-order valence-electron chi connectivity index (χ2n) is 17.1. The quantitative estimate of drug-likeness (QED) is 0.116. The van der Waals surface area contributed by atoms with Gasteiger partial charge in [-0.25, -0.2) is 13.2 Å². The van der Waals surface area contributed by atoms with E-state index in [1.807, 2.05) is 42.2 Å². The molecule has 4 aromatic rings. The van der Waals surface area contributed by atoms with Crippen LogP contribution in [0.1, 0.15) is 65.8 Å². The summed E-state index contributed by atoms with van der Waals surface area (Å²) < 4.78 is 42.0. The van der Waals surface area contributed by atoms with Gasteiger partial charge in [-0.2, -0.15) is 0 Å². The molecule has 0 N–H and O–H groups in total. The number of carbonyl (C=O) groups is 2. The van der Waals surface area contributed by atoms with Crippen molar-refractivity contribution < 1.29 is 22.8 Å². The first-order chi connectivity index (χ1) is 29.2. The summed E-state index contributed by atoms with van der Waals surface area (Å²) in [5.41, 5.74) is 1.87. The highest BCUT2D eigenvalue weighted by atomic mass is 19.1. The Balaban J connectivity index is 0.000000231. The van der Waals surface area contributed by atoms with Gasteiger partial charge in [-0.3, -0.25) is 29.4 Å². The summed E-state index contributed by atoms with van der Waals surface area (Å²) in [4.78, 5) is 46.5. The van der Waals surface area contributed by atoms with Crippen LogP contribution in [0, 0.1) is 17.5 Å². The first-order valence-corrected chi connectivity index (χ1v) is 21.8. The van der Waals surface area contributed by atoms with E-state index in [1.54, 1.807) is 54.5 Å². The maximum absolute atomic E-state index is 14.4. The number of anilines is 2. The van der Waals surface area contributed by atoms with Crippen LogP contribution in [0.2, 0.25) is 0 Å². The fraction of sp³-hybridized carbons (Fsp3) is 0.500. The second-order valence-corrected chi connectivity index (χ2v) is 17.1. The SMILES string of the molecule is CCC(=O)N(CC(C)(C)N1CCN(CCc2ncccc2F)CC1)c1ccccc1.CCC(=O)N(CC(C)(C)N1CCN(CCc2ncccc2F)CC1)c1ccccc1F. The van der Waals surface area contributed by atoms with E-state index < -0.39 is 0 Å². The van der Waals surface area contributed by atoms with Crippen molar-refractivity contribution in [1.82, 2.24) is 29.6 Å². The van der Waals surface area contributed by atoms with Crippen molar-refractivity contribution >= 4 is 23.2 Å². The molecule has 2 aliphatic heterocycles. The number of aromatic nitrogens is 2. The van der Waals surface area contributed by atoms with E-state index in [0.29, 0.717) is 55.8 Å². The fourth-order valence-corrected chi connectivity index (χ4v) is 8.15. The van der Waals surface area contributed by atoms with Crippen LogP contribution in [0.4, 0.5) is 24.5 Å². The molecule has 6 rings (SSSR count). The van der Waals surface area contributed by atoms with Crippen molar-refractivity contribution in [3.8, 4) is 0 Å². The minimum absolute atomic E-state index is 0.0887. The standard InChI is InChI=1S/C24H32F2N4O.C24H33FN4O/c1-4-23(31)30(22-10-6-5-8-20(22)26)18-24(2,3)29-16-14-28(15-17-29)13-11-21-19(25)9-7-12-27-21;1-4-23(30)29(20-9-6-5-7-10-20)19-24(2,3)28-17-15-27(16-18-28)14-12-22-21(25)11-8-13-26-22/h5-10,12H,4,11,13-18H2,1-3H3;5-11,13H,4,12,14-19H2,1-3H3. The van der Waals surface area contributed by atoms with Crippen molar-refractivity contribution in [3.05, 3.63) is 120 Å². The average molecular weight is 843 g/mol. The van der Waals surface area contributed by atoms with Gasteiger partial charge in [0, 0.05) is 133 Å². The molecule has 2 saturated heterocycles. The molecule has 0 spiro atoms. The van der Waals surface area contributed by atoms with E-state index in [9.17, 15) is 22.8 Å². The van der Waals surface area contributed by atoms with Crippen LogP contribution in [0.3, 0.4) is 0 Å². The van der Waals surface area contributed by atoms with E-state index in [4.69, 9.17) is 0 Å². The molecule has 0 atom stereocenters. The minimum Gasteiger partial charge on any atom is -0.311 e. The maximum Gasteiger partial charge on any atom is 0.226 e. The van der Waals surface area contributed by atoms with Crippen LogP contribution in [-0.4, -0.2) is 131 Å². The molecule has 4 heterocycles. The van der Waals surface area contributed by atoms with Crippen molar-refractivity contribution in [2.75, 3.05) is 88.3 Å². The third-order valence-corrected chi connectivity index (χ3v) is 12.0. The molecule has 2 fully saturated rings. The number of nitrogens with zero attached hydrogens (tertiary/aromatic N) is 8. The summed E-state index contributed by atoms with van der Waals surface area (Å²) in [6.07, 6.45) is 5.29. The Kier molecular flexibility index (Phi) is 17.4. The van der Waals surface area contributed by atoms with Gasteiger partial charge in [0.15, 0.2) is 0 Å². The van der Waals surface area contributed by atoms with Crippen LogP contribution in [0.25, 0.3) is 0 Å². The van der Waals surface area contributed by atoms with Gasteiger partial charge in [0.1, 0.15) is 17.5 Å². The Morgan fingerprint density at radius 1 is 0.557 bits per heavy atom. The molecule has 2 amide bonds. The number of para-hydroxylation sites is 2. The summed E-state index contributed by atoms with van der Waals surface area (Å²) in [7, 11) is 0. The molecule has 0 aliphatic carbocycles. The lowest BCUT2D eigenvalue weighted by Gasteiger charge is -2.46. The molecule has 61 heavy (non-hydrogen) atoms. The highest BCUT2D eigenvalue weighted by molar-refractivity contribution is 5.94. The van der Waals surface area contributed by atoms with Crippen molar-refractivity contribution in [2.45, 2.75) is 78.3 Å². The molecule has 13 heteroatoms. The van der Waals surface area contributed by atoms with E-state index in [0.717, 1.165) is 71.1 Å². The predicted octanol–water partition coefficient (Wildman–Crippen LogP) is 7.34. The van der Waals surface area contributed by atoms with Crippen LogP contribution >= 0.6 is 0 Å². The highest BCUT2D eigenvalue weighted by Crippen LogP contribution is 2.27. The lowest BCUT2D eigenvalue weighted by atomic mass is 9.99. The van der Waals surface area contributed by atoms with Gasteiger partial charge in [0.25, 0.3) is 0 Å². The number of hydrogen-bond acceptors (Lipinski definition) is 8. The Labute approximate surface area is 361 Å². The van der Waals surface area contributed by atoms with Crippen molar-refractivity contribution in [1.29, 1.82) is 0 Å². The Bertz CT molecular complexity index is 1980. The fourth-order valence-electron chi connectivity index (χ4n) is 8.15. The van der Waals surface area contributed by atoms with E-state index in [2.05, 4.69) is 57.3 Å². The van der Waals surface area contributed by atoms with Crippen molar-refractivity contribution in [2.24, 2.45) is 0 Å². The third-order valence-electron chi connectivity index (χ3n) is 12.0. The number of piperazine rings is 2. The lowest BCUT2D eigenvalue weighted by Crippen LogP contribution is -2.59. The van der Waals surface area contributed by atoms with E-state index >= 15 is 0 Å². The molecule has 10 nitrogen and oxygen atoms in total. The Morgan fingerprint density at radius 2 is 0.967 bits per heavy atom. The smallest absolute Gasteiger partial charge is 0.226 e. The molecule has 2 aliphatic rings. The van der Waals surface area contributed by atoms with Gasteiger partial charge in [-0.1, -0.05) is 44.2 Å². The van der Waals surface area contributed by atoms with Gasteiger partial charge in [-0.15, -0.1) is 0 Å². The number of benzene rings is 2. The summed E-state index contributed by atoms with van der Waals surface area (Å²) in [6, 6.07) is 22.5. The van der Waals surface area contributed by atoms with E-state index in [1.165, 1.54) is 18.2 Å². The molecule has 2 aromatic carbocycles. The zero-order valence-corrected chi connectivity index (χ0v) is 37.0. The summed E-state index contributed by atoms with van der Waals surface area (Å²) in [6.45, 7) is 22.1. The zero-order chi connectivity index (χ0) is 44.0. The molecular formula is C48H65F3N8O2. The molecule has 0 saturated carbocycles. The average Bonchev–Trinajstić information content (AvgIpc) is 3.27. The number of rotatable bonds is 16. The van der Waals surface area contributed by atoms with Crippen LogP contribution in [0.5, 0.6) is 0 Å². The molecule has 0 unspecified atom stereocenters. The Morgan fingerprint density at radius 3 is 1.41 bits per heavy atom. The van der Waals surface area contributed by atoms with Crippen LogP contribution in [-0.2, 0) is 22.4 Å². The monoisotopic (exact) mass is 843 g/mol. The minimum atomic E-state index is -0.383. The van der Waals surface area contributed by atoms with Crippen LogP contribution in [0.15, 0.2) is 91.3 Å². The Hall–Kier alpha value is -4.69. The van der Waals surface area contributed by atoms with Gasteiger partial charge >= 0.3 is 0 Å². The zero-order valence-electron chi connectivity index (χ0n) is 37.0. The molecule has 0 bridgehead atoms. The first-order valence-electron chi connectivity index (χ1n) is 21.8. The van der Waals surface area contributed by atoms with Crippen molar-refractivity contribution in [3.63, 3.8) is 0 Å². The van der Waals surface area contributed by atoms with Gasteiger partial charge in [0.05, 0.1) is 17.1 Å². The number of halogens is 3. The van der Waals surface area contributed by atoms with Gasteiger partial charge < -0.3 is 19.6 Å². The lowest BCUT2D eigenvalue weighted by molar-refractivity contribution is -0.119. The number of carbonyl (C=O) groups excluding carboxylic acids is 2. The molecule has 0 radical (unpaired) electrons. The maximum atomic E-state index is 14.4.